The van der Waals surface area contributed by atoms with Crippen LogP contribution in [0.5, 0.6) is 0 Å². The minimum absolute atomic E-state index is 0.104. The Morgan fingerprint density at radius 1 is 1.07 bits per heavy atom. The molecule has 1 aliphatic heterocycles. The minimum Gasteiger partial charge on any atom is -0.372 e. The van der Waals surface area contributed by atoms with Crippen molar-refractivity contribution in [3.05, 3.63) is 0 Å². The fraction of sp³-hybridized carbons (Fsp3) is 1.00. The van der Waals surface area contributed by atoms with E-state index < -0.39 is 0 Å². The van der Waals surface area contributed by atoms with Gasteiger partial charge in [0.05, 0.1) is 11.7 Å². The largest absolute Gasteiger partial charge is 0.372 e. The first-order valence-electron chi connectivity index (χ1n) is 6.14. The molecule has 0 spiro atoms. The zero-order chi connectivity index (χ0) is 10.9. The number of hydrogen-bond acceptors (Lipinski definition) is 1. The van der Waals surface area contributed by atoms with Crippen LogP contribution < -0.4 is 0 Å². The van der Waals surface area contributed by atoms with Crippen molar-refractivity contribution in [1.29, 1.82) is 0 Å². The molecule has 1 heteroatoms. The summed E-state index contributed by atoms with van der Waals surface area (Å²) in [6, 6.07) is 0. The molecule has 1 saturated heterocycles. The van der Waals surface area contributed by atoms with Gasteiger partial charge < -0.3 is 4.74 Å². The van der Waals surface area contributed by atoms with Gasteiger partial charge in [0.1, 0.15) is 0 Å². The minimum atomic E-state index is 0.104. The predicted molar refractivity (Wildman–Crippen MR) is 61.4 cm³/mol. The summed E-state index contributed by atoms with van der Waals surface area (Å²) in [6.07, 6.45) is 2.74. The Labute approximate surface area is 89.2 Å². The number of hydrogen-bond donors (Lipinski definition) is 0. The quantitative estimate of drug-likeness (QED) is 0.654. The van der Waals surface area contributed by atoms with Gasteiger partial charge in [-0.3, -0.25) is 0 Å². The van der Waals surface area contributed by atoms with Crippen LogP contribution in [0.4, 0.5) is 0 Å². The Hall–Kier alpha value is -0.0400. The first-order valence-corrected chi connectivity index (χ1v) is 6.14. The molecule has 84 valence electrons. The molecule has 1 heterocycles. The van der Waals surface area contributed by atoms with Crippen LogP contribution in [0.15, 0.2) is 0 Å². The van der Waals surface area contributed by atoms with E-state index in [-0.39, 0.29) is 5.60 Å². The first-order chi connectivity index (χ1) is 6.46. The molecule has 0 radical (unpaired) electrons. The van der Waals surface area contributed by atoms with Crippen molar-refractivity contribution in [3.63, 3.8) is 0 Å². The third kappa shape index (κ3) is 1.84. The molecular weight excluding hydrogens is 172 g/mol. The summed E-state index contributed by atoms with van der Waals surface area (Å²) in [4.78, 5) is 0. The molecule has 14 heavy (non-hydrogen) atoms. The molecule has 0 aromatic rings. The fourth-order valence-electron chi connectivity index (χ4n) is 2.77. The Balaban J connectivity index is 2.84. The topological polar surface area (TPSA) is 9.23 Å². The Morgan fingerprint density at radius 3 is 2.07 bits per heavy atom. The summed E-state index contributed by atoms with van der Waals surface area (Å²) < 4.78 is 6.27. The van der Waals surface area contributed by atoms with Gasteiger partial charge in [0.2, 0.25) is 0 Å². The van der Waals surface area contributed by atoms with Crippen molar-refractivity contribution in [2.75, 3.05) is 0 Å². The average molecular weight is 198 g/mol. The predicted octanol–water partition coefficient (Wildman–Crippen LogP) is 3.87. The normalized spacial score (nSPS) is 49.3. The molecule has 1 fully saturated rings. The van der Waals surface area contributed by atoms with Crippen LogP contribution in [0, 0.1) is 17.8 Å². The molecular formula is C13H26O. The standard InChI is InChI=1S/C13H26O/c1-7-12-10(4)9(3)11(5)13(6,8-2)14-12/h9-12H,7-8H2,1-6H3. The van der Waals surface area contributed by atoms with Crippen molar-refractivity contribution in [3.8, 4) is 0 Å². The second kappa shape index (κ2) is 4.22. The molecule has 0 bridgehead atoms. The summed E-state index contributed by atoms with van der Waals surface area (Å²) in [6.45, 7) is 13.8. The molecule has 0 aromatic carbocycles. The maximum Gasteiger partial charge on any atom is 0.0683 e. The van der Waals surface area contributed by atoms with Crippen LogP contribution in [0.1, 0.15) is 54.4 Å². The molecule has 0 N–H and O–H groups in total. The van der Waals surface area contributed by atoms with Gasteiger partial charge in [0.25, 0.3) is 0 Å². The van der Waals surface area contributed by atoms with Crippen LogP contribution >= 0.6 is 0 Å². The maximum atomic E-state index is 6.27. The molecule has 1 aliphatic rings. The lowest BCUT2D eigenvalue weighted by molar-refractivity contribution is -0.193. The van der Waals surface area contributed by atoms with Gasteiger partial charge in [-0.25, -0.2) is 0 Å². The van der Waals surface area contributed by atoms with E-state index in [2.05, 4.69) is 41.5 Å². The smallest absolute Gasteiger partial charge is 0.0683 e. The number of rotatable bonds is 2. The highest BCUT2D eigenvalue weighted by Gasteiger charge is 2.44. The van der Waals surface area contributed by atoms with Crippen LogP contribution in [0.2, 0.25) is 0 Å². The summed E-state index contributed by atoms with van der Waals surface area (Å²) in [7, 11) is 0. The molecule has 5 atom stereocenters. The molecule has 0 aromatic heterocycles. The third-order valence-corrected chi connectivity index (χ3v) is 4.69. The van der Waals surface area contributed by atoms with Crippen molar-refractivity contribution < 1.29 is 4.74 Å². The van der Waals surface area contributed by atoms with E-state index in [0.717, 1.165) is 18.8 Å². The van der Waals surface area contributed by atoms with Gasteiger partial charge in [-0.2, -0.15) is 0 Å². The van der Waals surface area contributed by atoms with Crippen LogP contribution in [0.3, 0.4) is 0 Å². The fourth-order valence-corrected chi connectivity index (χ4v) is 2.77. The Kier molecular flexibility index (Phi) is 3.63. The van der Waals surface area contributed by atoms with Gasteiger partial charge >= 0.3 is 0 Å². The molecule has 0 amide bonds. The SMILES string of the molecule is CCC1OC(C)(CC)C(C)C(C)C1C. The van der Waals surface area contributed by atoms with Crippen molar-refractivity contribution in [1.82, 2.24) is 0 Å². The lowest BCUT2D eigenvalue weighted by Crippen LogP contribution is -2.51. The lowest BCUT2D eigenvalue weighted by Gasteiger charge is -2.50. The molecule has 5 unspecified atom stereocenters. The first kappa shape index (κ1) is 12.0. The Bertz CT molecular complexity index is 188. The van der Waals surface area contributed by atoms with E-state index in [9.17, 15) is 0 Å². The maximum absolute atomic E-state index is 6.27. The van der Waals surface area contributed by atoms with Crippen LogP contribution in [0.25, 0.3) is 0 Å². The van der Waals surface area contributed by atoms with Crippen LogP contribution in [-0.4, -0.2) is 11.7 Å². The number of ether oxygens (including phenoxy) is 1. The highest BCUT2D eigenvalue weighted by molar-refractivity contribution is 4.92. The van der Waals surface area contributed by atoms with Crippen molar-refractivity contribution in [2.24, 2.45) is 17.8 Å². The summed E-state index contributed by atoms with van der Waals surface area (Å²) in [5, 5.41) is 0. The average Bonchev–Trinajstić information content (AvgIpc) is 2.20. The van der Waals surface area contributed by atoms with Crippen molar-refractivity contribution >= 4 is 0 Å². The second-order valence-electron chi connectivity index (χ2n) is 5.24. The van der Waals surface area contributed by atoms with Crippen molar-refractivity contribution in [2.45, 2.75) is 66.1 Å². The second-order valence-corrected chi connectivity index (χ2v) is 5.24. The van der Waals surface area contributed by atoms with E-state index in [1.165, 1.54) is 0 Å². The monoisotopic (exact) mass is 198 g/mol. The van der Waals surface area contributed by atoms with E-state index in [4.69, 9.17) is 4.74 Å². The zero-order valence-corrected chi connectivity index (χ0v) is 10.6. The van der Waals surface area contributed by atoms with E-state index >= 15 is 0 Å². The highest BCUT2D eigenvalue weighted by atomic mass is 16.5. The van der Waals surface area contributed by atoms with Gasteiger partial charge in [-0.15, -0.1) is 0 Å². The van der Waals surface area contributed by atoms with Gasteiger partial charge in [-0.1, -0.05) is 34.6 Å². The molecule has 0 aliphatic carbocycles. The van der Waals surface area contributed by atoms with Crippen LogP contribution in [-0.2, 0) is 4.74 Å². The molecule has 0 saturated carbocycles. The van der Waals surface area contributed by atoms with E-state index in [0.29, 0.717) is 17.9 Å². The summed E-state index contributed by atoms with van der Waals surface area (Å²) in [5.41, 5.74) is 0.104. The molecule has 1 rings (SSSR count). The Morgan fingerprint density at radius 2 is 1.64 bits per heavy atom. The van der Waals surface area contributed by atoms with Gasteiger partial charge in [-0.05, 0) is 37.5 Å². The summed E-state index contributed by atoms with van der Waals surface area (Å²) in [5.74, 6) is 2.15. The van der Waals surface area contributed by atoms with E-state index in [1.54, 1.807) is 0 Å². The molecule has 1 nitrogen and oxygen atoms in total. The third-order valence-electron chi connectivity index (χ3n) is 4.69. The lowest BCUT2D eigenvalue weighted by atomic mass is 9.69. The highest BCUT2D eigenvalue weighted by Crippen LogP contribution is 2.43. The van der Waals surface area contributed by atoms with E-state index in [1.807, 2.05) is 0 Å². The van der Waals surface area contributed by atoms with Gasteiger partial charge in [0.15, 0.2) is 0 Å². The summed E-state index contributed by atoms with van der Waals surface area (Å²) >= 11 is 0. The van der Waals surface area contributed by atoms with Gasteiger partial charge in [0, 0.05) is 0 Å². The zero-order valence-electron chi connectivity index (χ0n) is 10.6.